The van der Waals surface area contributed by atoms with Gasteiger partial charge in [-0.25, -0.2) is 0 Å². The summed E-state index contributed by atoms with van der Waals surface area (Å²) in [7, 11) is 0. The minimum absolute atomic E-state index is 0. The zero-order valence-electron chi connectivity index (χ0n) is 11.4. The average Bonchev–Trinajstić information content (AvgIpc) is 2.35. The Morgan fingerprint density at radius 1 is 1.33 bits per heavy atom. The third-order valence-corrected chi connectivity index (χ3v) is 3.96. The highest BCUT2D eigenvalue weighted by atomic mass is 127. The van der Waals surface area contributed by atoms with Crippen LogP contribution in [0.15, 0.2) is 24.3 Å². The average molecular weight is 436 g/mol. The van der Waals surface area contributed by atoms with Gasteiger partial charge in [0.1, 0.15) is 5.75 Å². The number of halogens is 5. The lowest BCUT2D eigenvalue weighted by Crippen LogP contribution is -2.42. The van der Waals surface area contributed by atoms with Gasteiger partial charge in [0.2, 0.25) is 0 Å². The Labute approximate surface area is 142 Å². The SMILES string of the molecule is Cl.FC(F)(F)CN1CCC[C@@H](COc2cccc(I)c2)C1. The third-order valence-electron chi connectivity index (χ3n) is 3.29. The zero-order valence-corrected chi connectivity index (χ0v) is 14.4. The minimum atomic E-state index is -4.11. The molecule has 1 heterocycles. The van der Waals surface area contributed by atoms with Gasteiger partial charge in [0.15, 0.2) is 0 Å². The summed E-state index contributed by atoms with van der Waals surface area (Å²) in [4.78, 5) is 1.48. The van der Waals surface area contributed by atoms with Crippen molar-refractivity contribution >= 4 is 35.0 Å². The molecule has 0 saturated carbocycles. The number of likely N-dealkylation sites (tertiary alicyclic amines) is 1. The van der Waals surface area contributed by atoms with Crippen LogP contribution in [0.4, 0.5) is 13.2 Å². The first-order chi connectivity index (χ1) is 9.42. The van der Waals surface area contributed by atoms with Crippen LogP contribution in [-0.2, 0) is 0 Å². The Morgan fingerprint density at radius 3 is 2.76 bits per heavy atom. The van der Waals surface area contributed by atoms with Crippen LogP contribution in [0.3, 0.4) is 0 Å². The van der Waals surface area contributed by atoms with Crippen LogP contribution in [0.25, 0.3) is 0 Å². The van der Waals surface area contributed by atoms with Gasteiger partial charge in [0.05, 0.1) is 13.2 Å². The molecule has 120 valence electrons. The summed E-state index contributed by atoms with van der Waals surface area (Å²) < 4.78 is 43.9. The molecule has 7 heteroatoms. The molecule has 1 aromatic rings. The van der Waals surface area contributed by atoms with Crippen molar-refractivity contribution in [2.75, 3.05) is 26.2 Å². The van der Waals surface area contributed by atoms with Crippen LogP contribution in [-0.4, -0.2) is 37.3 Å². The van der Waals surface area contributed by atoms with E-state index in [1.54, 1.807) is 0 Å². The van der Waals surface area contributed by atoms with Crippen molar-refractivity contribution in [1.82, 2.24) is 4.90 Å². The van der Waals surface area contributed by atoms with Crippen LogP contribution in [0.2, 0.25) is 0 Å². The number of benzene rings is 1. The summed E-state index contributed by atoms with van der Waals surface area (Å²) in [6.45, 7) is 0.657. The highest BCUT2D eigenvalue weighted by molar-refractivity contribution is 14.1. The highest BCUT2D eigenvalue weighted by Gasteiger charge is 2.33. The molecule has 0 bridgehead atoms. The quantitative estimate of drug-likeness (QED) is 0.652. The summed E-state index contributed by atoms with van der Waals surface area (Å²) in [6.07, 6.45) is -2.38. The van der Waals surface area contributed by atoms with Gasteiger partial charge in [0.25, 0.3) is 0 Å². The molecular formula is C14H18ClF3INO. The second kappa shape index (κ2) is 8.43. The Balaban J connectivity index is 0.00000220. The first-order valence-corrected chi connectivity index (χ1v) is 7.68. The molecule has 1 aromatic carbocycles. The van der Waals surface area contributed by atoms with Gasteiger partial charge in [-0.05, 0) is 60.2 Å². The van der Waals surface area contributed by atoms with Crippen LogP contribution in [0.1, 0.15) is 12.8 Å². The molecule has 0 spiro atoms. The van der Waals surface area contributed by atoms with Crippen molar-refractivity contribution in [2.45, 2.75) is 19.0 Å². The fourth-order valence-corrected chi connectivity index (χ4v) is 2.97. The van der Waals surface area contributed by atoms with E-state index in [9.17, 15) is 13.2 Å². The number of hydrogen-bond donors (Lipinski definition) is 0. The molecule has 0 N–H and O–H groups in total. The lowest BCUT2D eigenvalue weighted by molar-refractivity contribution is -0.149. The van der Waals surface area contributed by atoms with Gasteiger partial charge in [0, 0.05) is 16.0 Å². The van der Waals surface area contributed by atoms with Gasteiger partial charge in [-0.2, -0.15) is 13.2 Å². The molecule has 1 aliphatic heterocycles. The van der Waals surface area contributed by atoms with Crippen molar-refractivity contribution in [3.63, 3.8) is 0 Å². The molecular weight excluding hydrogens is 418 g/mol. The molecule has 2 nitrogen and oxygen atoms in total. The molecule has 1 aliphatic rings. The molecule has 1 atom stereocenters. The minimum Gasteiger partial charge on any atom is -0.493 e. The predicted octanol–water partition coefficient (Wildman–Crippen LogP) is 4.37. The van der Waals surface area contributed by atoms with Crippen molar-refractivity contribution in [3.8, 4) is 5.75 Å². The number of hydrogen-bond acceptors (Lipinski definition) is 2. The summed E-state index contributed by atoms with van der Waals surface area (Å²) >= 11 is 2.20. The fraction of sp³-hybridized carbons (Fsp3) is 0.571. The van der Waals surface area contributed by atoms with Crippen LogP contribution in [0, 0.1) is 9.49 Å². The molecule has 1 saturated heterocycles. The topological polar surface area (TPSA) is 12.5 Å². The van der Waals surface area contributed by atoms with Crippen LogP contribution >= 0.6 is 35.0 Å². The molecule has 0 radical (unpaired) electrons. The number of rotatable bonds is 4. The van der Waals surface area contributed by atoms with E-state index in [0.717, 1.165) is 22.2 Å². The zero-order chi connectivity index (χ0) is 14.6. The Morgan fingerprint density at radius 2 is 2.10 bits per heavy atom. The maximum atomic E-state index is 12.4. The van der Waals surface area contributed by atoms with Crippen molar-refractivity contribution < 1.29 is 17.9 Å². The number of alkyl halides is 3. The van der Waals surface area contributed by atoms with E-state index >= 15 is 0 Å². The highest BCUT2D eigenvalue weighted by Crippen LogP contribution is 2.23. The number of piperidine rings is 1. The number of ether oxygens (including phenoxy) is 1. The summed E-state index contributed by atoms with van der Waals surface area (Å²) in [6, 6.07) is 7.68. The molecule has 0 aliphatic carbocycles. The maximum absolute atomic E-state index is 12.4. The Kier molecular flexibility index (Phi) is 7.56. The van der Waals surface area contributed by atoms with Crippen LogP contribution < -0.4 is 4.74 Å². The monoisotopic (exact) mass is 435 g/mol. The van der Waals surface area contributed by atoms with Gasteiger partial charge in [-0.1, -0.05) is 6.07 Å². The molecule has 1 fully saturated rings. The third kappa shape index (κ3) is 7.06. The standard InChI is InChI=1S/C14H17F3INO.ClH/c15-14(16,17)10-19-6-2-3-11(8-19)9-20-13-5-1-4-12(18)7-13;/h1,4-5,7,11H,2-3,6,8-10H2;1H/t11-;/m1./s1. The Hall–Kier alpha value is -0.210. The lowest BCUT2D eigenvalue weighted by Gasteiger charge is -2.32. The van der Waals surface area contributed by atoms with Gasteiger partial charge < -0.3 is 4.74 Å². The van der Waals surface area contributed by atoms with E-state index in [-0.39, 0.29) is 18.3 Å². The second-order valence-electron chi connectivity index (χ2n) is 5.13. The van der Waals surface area contributed by atoms with Crippen molar-refractivity contribution in [2.24, 2.45) is 5.92 Å². The normalized spacial score (nSPS) is 19.9. The number of nitrogens with zero attached hydrogens (tertiary/aromatic N) is 1. The van der Waals surface area contributed by atoms with E-state index in [0.29, 0.717) is 19.7 Å². The van der Waals surface area contributed by atoms with E-state index < -0.39 is 12.7 Å². The molecule has 0 unspecified atom stereocenters. The summed E-state index contributed by atoms with van der Waals surface area (Å²) in [5.41, 5.74) is 0. The molecule has 0 aromatic heterocycles. The lowest BCUT2D eigenvalue weighted by atomic mass is 9.99. The smallest absolute Gasteiger partial charge is 0.401 e. The maximum Gasteiger partial charge on any atom is 0.401 e. The van der Waals surface area contributed by atoms with Crippen molar-refractivity contribution in [3.05, 3.63) is 27.8 Å². The first kappa shape index (κ1) is 18.8. The molecule has 21 heavy (non-hydrogen) atoms. The predicted molar refractivity (Wildman–Crippen MR) is 87.1 cm³/mol. The van der Waals surface area contributed by atoms with E-state index in [1.165, 1.54) is 4.90 Å². The van der Waals surface area contributed by atoms with Crippen molar-refractivity contribution in [1.29, 1.82) is 0 Å². The second-order valence-corrected chi connectivity index (χ2v) is 6.37. The fourth-order valence-electron chi connectivity index (χ4n) is 2.46. The van der Waals surface area contributed by atoms with Gasteiger partial charge in [-0.3, -0.25) is 4.90 Å². The van der Waals surface area contributed by atoms with Gasteiger partial charge >= 0.3 is 6.18 Å². The van der Waals surface area contributed by atoms with Gasteiger partial charge in [-0.15, -0.1) is 12.4 Å². The van der Waals surface area contributed by atoms with E-state index in [1.807, 2.05) is 24.3 Å². The van der Waals surface area contributed by atoms with Crippen LogP contribution in [0.5, 0.6) is 5.75 Å². The largest absolute Gasteiger partial charge is 0.493 e. The summed E-state index contributed by atoms with van der Waals surface area (Å²) in [5.74, 6) is 0.953. The summed E-state index contributed by atoms with van der Waals surface area (Å²) in [5, 5.41) is 0. The Bertz CT molecular complexity index is 444. The molecule has 0 amide bonds. The molecule has 2 rings (SSSR count). The van der Waals surface area contributed by atoms with E-state index in [2.05, 4.69) is 22.6 Å². The first-order valence-electron chi connectivity index (χ1n) is 6.60. The van der Waals surface area contributed by atoms with E-state index in [4.69, 9.17) is 4.74 Å².